The molecule has 0 bridgehead atoms. The number of rotatable bonds is 11. The highest BCUT2D eigenvalue weighted by atomic mass is 28.3. The molecule has 0 unspecified atom stereocenters. The van der Waals surface area contributed by atoms with Gasteiger partial charge in [0, 0.05) is 12.8 Å². The average molecular weight is 598 g/mol. The first kappa shape index (κ1) is 34.2. The Balaban J connectivity index is 0.000000305. The van der Waals surface area contributed by atoms with E-state index in [-0.39, 0.29) is 25.7 Å². The minimum absolute atomic E-state index is 0.0485. The number of nitrogens with zero attached hydrogens (tertiary/aromatic N) is 1. The van der Waals surface area contributed by atoms with Crippen molar-refractivity contribution in [2.45, 2.75) is 103 Å². The normalized spacial score (nSPS) is 13.6. The summed E-state index contributed by atoms with van der Waals surface area (Å²) in [6.07, 6.45) is 0.386. The Morgan fingerprint density at radius 2 is 1.02 bits per heavy atom. The number of imide groups is 1. The minimum atomic E-state index is -1.05. The van der Waals surface area contributed by atoms with Crippen LogP contribution in [0.1, 0.15) is 79.4 Å². The van der Waals surface area contributed by atoms with E-state index in [0.29, 0.717) is 16.1 Å². The highest BCUT2D eigenvalue weighted by Crippen LogP contribution is 2.21. The molecular weight excluding hydrogens is 551 g/mol. The van der Waals surface area contributed by atoms with Crippen LogP contribution in [0.2, 0.25) is 22.2 Å². The van der Waals surface area contributed by atoms with E-state index >= 15 is 0 Å². The van der Waals surface area contributed by atoms with Gasteiger partial charge in [-0.15, -0.1) is 5.06 Å². The van der Waals surface area contributed by atoms with Gasteiger partial charge in [-0.2, -0.15) is 0 Å². The van der Waals surface area contributed by atoms with Gasteiger partial charge in [-0.25, -0.2) is 4.79 Å². The third-order valence-electron chi connectivity index (χ3n) is 7.50. The third kappa shape index (κ3) is 10.4. The average Bonchev–Trinajstić information content (AvgIpc) is 3.17. The number of hydrogen-bond donors (Lipinski definition) is 1. The summed E-state index contributed by atoms with van der Waals surface area (Å²) in [4.78, 5) is 50.4. The van der Waals surface area contributed by atoms with Crippen LogP contribution in [-0.2, 0) is 36.9 Å². The lowest BCUT2D eigenvalue weighted by Crippen LogP contribution is -2.36. The van der Waals surface area contributed by atoms with Gasteiger partial charge < -0.3 is 9.94 Å². The number of carboxylic acid groups (broad SMARTS) is 1. The van der Waals surface area contributed by atoms with E-state index in [4.69, 9.17) is 9.94 Å². The SMILES string of the molecule is CC(C)[SiH](c1ccc(CC(=O)O)cc1)C(C)C.CC(C)[SiH](c1ccc(CC(=O)ON2C(=O)CCC2=O)cc1)C(C)C. The van der Waals surface area contributed by atoms with Crippen LogP contribution in [0, 0.1) is 0 Å². The lowest BCUT2D eigenvalue weighted by atomic mass is 10.1. The molecule has 7 nitrogen and oxygen atoms in total. The largest absolute Gasteiger partial charge is 0.481 e. The molecule has 1 aliphatic heterocycles. The Bertz CT molecular complexity index is 1140. The van der Waals surface area contributed by atoms with Crippen molar-refractivity contribution in [1.82, 2.24) is 5.06 Å². The first-order valence-electron chi connectivity index (χ1n) is 14.7. The van der Waals surface area contributed by atoms with Crippen molar-refractivity contribution < 1.29 is 29.1 Å². The van der Waals surface area contributed by atoms with Crippen LogP contribution < -0.4 is 10.4 Å². The molecule has 2 amide bonds. The third-order valence-corrected chi connectivity index (χ3v) is 15.6. The molecular formula is C32H47NO6Si2. The van der Waals surface area contributed by atoms with Gasteiger partial charge in [0.25, 0.3) is 11.8 Å². The predicted octanol–water partition coefficient (Wildman–Crippen LogP) is 4.66. The topological polar surface area (TPSA) is 101 Å². The maximum absolute atomic E-state index is 11.9. The first-order chi connectivity index (χ1) is 19.2. The zero-order valence-corrected chi connectivity index (χ0v) is 28.2. The second-order valence-corrected chi connectivity index (χ2v) is 21.1. The van der Waals surface area contributed by atoms with Crippen LogP contribution in [0.5, 0.6) is 0 Å². The van der Waals surface area contributed by atoms with Gasteiger partial charge in [0.2, 0.25) is 0 Å². The zero-order valence-electron chi connectivity index (χ0n) is 25.8. The molecule has 2 aromatic carbocycles. The van der Waals surface area contributed by atoms with Gasteiger partial charge in [0.05, 0.1) is 30.4 Å². The number of carboxylic acids is 1. The molecule has 0 aromatic heterocycles. The van der Waals surface area contributed by atoms with Crippen LogP contribution in [-0.4, -0.2) is 51.5 Å². The summed E-state index contributed by atoms with van der Waals surface area (Å²) in [6, 6.07) is 16.3. The van der Waals surface area contributed by atoms with Crippen LogP contribution in [0.4, 0.5) is 0 Å². The Kier molecular flexibility index (Phi) is 13.2. The molecule has 0 spiro atoms. The van der Waals surface area contributed by atoms with Crippen molar-refractivity contribution in [2.24, 2.45) is 0 Å². The van der Waals surface area contributed by atoms with Crippen LogP contribution in [0.15, 0.2) is 48.5 Å². The van der Waals surface area contributed by atoms with Gasteiger partial charge in [-0.1, -0.05) is 114 Å². The van der Waals surface area contributed by atoms with Crippen molar-refractivity contribution in [1.29, 1.82) is 0 Å². The molecule has 0 saturated carbocycles. The molecule has 2 aromatic rings. The molecule has 0 radical (unpaired) electrons. The highest BCUT2D eigenvalue weighted by Gasteiger charge is 2.32. The fourth-order valence-electron chi connectivity index (χ4n) is 5.93. The second kappa shape index (κ2) is 15.8. The zero-order chi connectivity index (χ0) is 30.9. The van der Waals surface area contributed by atoms with Gasteiger partial charge in [0.15, 0.2) is 0 Å². The van der Waals surface area contributed by atoms with Crippen LogP contribution in [0.3, 0.4) is 0 Å². The van der Waals surface area contributed by atoms with Crippen molar-refractivity contribution in [3.63, 3.8) is 0 Å². The minimum Gasteiger partial charge on any atom is -0.481 e. The molecule has 1 aliphatic rings. The van der Waals surface area contributed by atoms with E-state index in [0.717, 1.165) is 22.2 Å². The number of carbonyl (C=O) groups excluding carboxylic acids is 3. The van der Waals surface area contributed by atoms with Crippen molar-refractivity contribution in [3.05, 3.63) is 59.7 Å². The fourth-order valence-corrected chi connectivity index (χ4v) is 13.4. The van der Waals surface area contributed by atoms with E-state index in [1.807, 2.05) is 24.3 Å². The van der Waals surface area contributed by atoms with Crippen molar-refractivity contribution in [2.75, 3.05) is 0 Å². The number of hydroxylamine groups is 2. The summed E-state index contributed by atoms with van der Waals surface area (Å²) in [7, 11) is -1.99. The lowest BCUT2D eigenvalue weighted by molar-refractivity contribution is -0.197. The van der Waals surface area contributed by atoms with E-state index in [1.54, 1.807) is 0 Å². The molecule has 1 heterocycles. The highest BCUT2D eigenvalue weighted by molar-refractivity contribution is 6.76. The smallest absolute Gasteiger partial charge is 0.337 e. The number of benzene rings is 2. The Labute approximate surface area is 248 Å². The number of aliphatic carboxylic acids is 1. The molecule has 1 fully saturated rings. The van der Waals surface area contributed by atoms with E-state index < -0.39 is 41.3 Å². The molecule has 0 atom stereocenters. The molecule has 1 N–H and O–H groups in total. The predicted molar refractivity (Wildman–Crippen MR) is 169 cm³/mol. The Morgan fingerprint density at radius 3 is 1.34 bits per heavy atom. The summed E-state index contributed by atoms with van der Waals surface area (Å²) in [5, 5.41) is 12.2. The van der Waals surface area contributed by atoms with E-state index in [2.05, 4.69) is 79.7 Å². The van der Waals surface area contributed by atoms with Crippen LogP contribution >= 0.6 is 0 Å². The van der Waals surface area contributed by atoms with Gasteiger partial charge in [-0.05, 0) is 33.3 Å². The maximum atomic E-state index is 11.9. The molecule has 3 rings (SSSR count). The summed E-state index contributed by atoms with van der Waals surface area (Å²) in [5.41, 5.74) is 4.53. The van der Waals surface area contributed by atoms with E-state index in [9.17, 15) is 19.2 Å². The number of hydrogen-bond acceptors (Lipinski definition) is 5. The Morgan fingerprint density at radius 1 is 0.683 bits per heavy atom. The summed E-state index contributed by atoms with van der Waals surface area (Å²) in [6.45, 7) is 18.3. The molecule has 224 valence electrons. The second-order valence-electron chi connectivity index (χ2n) is 12.3. The monoisotopic (exact) mass is 597 g/mol. The molecule has 0 aliphatic carbocycles. The van der Waals surface area contributed by atoms with Crippen LogP contribution in [0.25, 0.3) is 0 Å². The van der Waals surface area contributed by atoms with Crippen molar-refractivity contribution in [3.8, 4) is 0 Å². The standard InChI is InChI=1S/C18H25NO4Si.C14H22O2Si/c1-12(2)24(13(3)4)15-7-5-14(6-8-15)11-18(22)23-19-16(20)9-10-17(19)21;1-10(2)17(11(3)4)13-7-5-12(6-8-13)9-14(15)16/h5-8,12-13,24H,9-11H2,1-4H3;5-8,10-11,17H,9H2,1-4H3,(H,15,16). The van der Waals surface area contributed by atoms with E-state index in [1.165, 1.54) is 10.4 Å². The van der Waals surface area contributed by atoms with Gasteiger partial charge in [0.1, 0.15) is 0 Å². The quantitative estimate of drug-likeness (QED) is 0.299. The Hall–Kier alpha value is -3.05. The summed E-state index contributed by atoms with van der Waals surface area (Å²) in [5.74, 6) is -2.26. The van der Waals surface area contributed by atoms with Crippen molar-refractivity contribution >= 4 is 51.7 Å². The lowest BCUT2D eigenvalue weighted by Gasteiger charge is -2.23. The number of amides is 2. The van der Waals surface area contributed by atoms with Gasteiger partial charge >= 0.3 is 11.9 Å². The van der Waals surface area contributed by atoms with Gasteiger partial charge in [-0.3, -0.25) is 14.4 Å². The molecule has 9 heteroatoms. The molecule has 41 heavy (non-hydrogen) atoms. The fraction of sp³-hybridized carbons (Fsp3) is 0.500. The molecule has 1 saturated heterocycles. The number of carbonyl (C=O) groups is 4. The first-order valence-corrected chi connectivity index (χ1v) is 18.5. The maximum Gasteiger partial charge on any atom is 0.337 e. The summed E-state index contributed by atoms with van der Waals surface area (Å²) >= 11 is 0. The summed E-state index contributed by atoms with van der Waals surface area (Å²) < 4.78 is 0.